The van der Waals surface area contributed by atoms with Gasteiger partial charge < -0.3 is 114 Å². The van der Waals surface area contributed by atoms with Gasteiger partial charge in [0.15, 0.2) is 6.10 Å². The summed E-state index contributed by atoms with van der Waals surface area (Å²) < 4.78 is 125. The smallest absolute Gasteiger partial charge is 0.332 e. The maximum atomic E-state index is 10.6. The van der Waals surface area contributed by atoms with Crippen molar-refractivity contribution in [2.75, 3.05) is 298 Å². The van der Waals surface area contributed by atoms with Gasteiger partial charge in [0.2, 0.25) is 0 Å². The van der Waals surface area contributed by atoms with Crippen molar-refractivity contribution >= 4 is 5.97 Å². The zero-order valence-electron chi connectivity index (χ0n) is 44.4. The molecular weight excluding hydrogens is 977 g/mol. The predicted molar refractivity (Wildman–Crippen MR) is 262 cm³/mol. The molecule has 0 saturated heterocycles. The van der Waals surface area contributed by atoms with E-state index in [9.17, 15) is 4.79 Å². The Balaban J connectivity index is 3.08. The number of ether oxygens (including phenoxy) is 23. The molecule has 25 heteroatoms. The summed E-state index contributed by atoms with van der Waals surface area (Å²) in [5.41, 5.74) is 0. The molecule has 1 unspecified atom stereocenters. The molecule has 438 valence electrons. The highest BCUT2D eigenvalue weighted by molar-refractivity contribution is 5.71. The second-order valence-electron chi connectivity index (χ2n) is 14.7. The maximum absolute atomic E-state index is 10.6. The van der Waals surface area contributed by atoms with Crippen LogP contribution < -0.4 is 0 Å². The third-order valence-electron chi connectivity index (χ3n) is 8.82. The van der Waals surface area contributed by atoms with Gasteiger partial charge in [0.05, 0.1) is 291 Å². The molecule has 0 spiro atoms. The molecule has 0 aliphatic carbocycles. The van der Waals surface area contributed by atoms with Gasteiger partial charge in [0, 0.05) is 7.11 Å². The molecule has 0 amide bonds. The van der Waals surface area contributed by atoms with Crippen LogP contribution in [-0.4, -0.2) is 315 Å². The molecule has 0 saturated carbocycles. The van der Waals surface area contributed by atoms with Gasteiger partial charge in [0.25, 0.3) is 0 Å². The average molecular weight is 1070 g/mol. The lowest BCUT2D eigenvalue weighted by atomic mass is 10.4. The van der Waals surface area contributed by atoms with Crippen LogP contribution >= 0.6 is 0 Å². The monoisotopic (exact) mass is 1070 g/mol. The van der Waals surface area contributed by atoms with Gasteiger partial charge in [-0.05, 0) is 6.92 Å². The van der Waals surface area contributed by atoms with Crippen LogP contribution in [0.3, 0.4) is 0 Å². The van der Waals surface area contributed by atoms with Gasteiger partial charge in [-0.1, -0.05) is 0 Å². The van der Waals surface area contributed by atoms with Crippen molar-refractivity contribution in [3.63, 3.8) is 0 Å². The Labute approximate surface area is 434 Å². The molecular formula is C48H96O25. The lowest BCUT2D eigenvalue weighted by Gasteiger charge is -2.09. The van der Waals surface area contributed by atoms with Crippen LogP contribution in [0.4, 0.5) is 0 Å². The Morgan fingerprint density at radius 3 is 0.452 bits per heavy atom. The zero-order chi connectivity index (χ0) is 52.5. The minimum atomic E-state index is -0.996. The number of rotatable bonds is 68. The minimum absolute atomic E-state index is 0.221. The summed E-state index contributed by atoms with van der Waals surface area (Å²) in [7, 11) is 1.64. The Morgan fingerprint density at radius 1 is 0.233 bits per heavy atom. The van der Waals surface area contributed by atoms with Gasteiger partial charge in [-0.2, -0.15) is 0 Å². The summed E-state index contributed by atoms with van der Waals surface area (Å²) in [4.78, 5) is 10.6. The van der Waals surface area contributed by atoms with Gasteiger partial charge in [0.1, 0.15) is 0 Å². The normalized spacial score (nSPS) is 12.1. The number of carbonyl (C=O) groups is 1. The summed E-state index contributed by atoms with van der Waals surface area (Å²) in [5.74, 6) is -0.996. The Morgan fingerprint density at radius 2 is 0.342 bits per heavy atom. The third-order valence-corrected chi connectivity index (χ3v) is 8.82. The molecule has 25 nitrogen and oxygen atoms in total. The molecule has 1 atom stereocenters. The van der Waals surface area contributed by atoms with Crippen LogP contribution in [0.5, 0.6) is 0 Å². The van der Waals surface area contributed by atoms with Gasteiger partial charge in [-0.15, -0.1) is 0 Å². The van der Waals surface area contributed by atoms with E-state index < -0.39 is 12.1 Å². The molecule has 0 radical (unpaired) electrons. The molecule has 0 rings (SSSR count). The van der Waals surface area contributed by atoms with E-state index in [-0.39, 0.29) is 6.61 Å². The number of methoxy groups -OCH3 is 1. The van der Waals surface area contributed by atoms with Crippen LogP contribution in [-0.2, 0) is 114 Å². The zero-order valence-corrected chi connectivity index (χ0v) is 44.4. The number of carboxylic acid groups (broad SMARTS) is 1. The SMILES string of the molecule is COCCOCCOCCOCCOCCOCCOCCOCCOCCOCCOCCOCCOCCOCCOCCOCCOCCOCCOCCOCCOCCOCCOC(C)C(=O)O. The van der Waals surface area contributed by atoms with Gasteiger partial charge in [-0.3, -0.25) is 0 Å². The van der Waals surface area contributed by atoms with Crippen molar-refractivity contribution in [1.29, 1.82) is 0 Å². The molecule has 0 aliphatic heterocycles. The van der Waals surface area contributed by atoms with Gasteiger partial charge >= 0.3 is 5.97 Å². The summed E-state index contributed by atoms with van der Waals surface area (Å²) in [6.45, 7) is 22.5. The van der Waals surface area contributed by atoms with Crippen molar-refractivity contribution in [3.05, 3.63) is 0 Å². The first-order valence-electron chi connectivity index (χ1n) is 25.6. The summed E-state index contributed by atoms with van der Waals surface area (Å²) in [6, 6.07) is 0. The second kappa shape index (κ2) is 66.7. The first kappa shape index (κ1) is 71.5. The maximum Gasteiger partial charge on any atom is 0.332 e. The molecule has 0 aromatic carbocycles. The second-order valence-corrected chi connectivity index (χ2v) is 14.7. The van der Waals surface area contributed by atoms with Crippen LogP contribution in [0.25, 0.3) is 0 Å². The fourth-order valence-electron chi connectivity index (χ4n) is 5.00. The van der Waals surface area contributed by atoms with Crippen molar-refractivity contribution in [1.82, 2.24) is 0 Å². The van der Waals surface area contributed by atoms with Crippen molar-refractivity contribution < 1.29 is 119 Å². The molecule has 0 aliphatic rings. The van der Waals surface area contributed by atoms with E-state index in [4.69, 9.17) is 114 Å². The highest BCUT2D eigenvalue weighted by Crippen LogP contribution is 1.92. The predicted octanol–water partition coefficient (Wildman–Crippen LogP) is 0.471. The van der Waals surface area contributed by atoms with E-state index in [0.29, 0.717) is 284 Å². The Bertz CT molecular complexity index is 1010. The fraction of sp³-hybridized carbons (Fsp3) is 0.979. The van der Waals surface area contributed by atoms with Gasteiger partial charge in [-0.25, -0.2) is 4.79 Å². The summed E-state index contributed by atoms with van der Waals surface area (Å²) in [5, 5.41) is 8.72. The van der Waals surface area contributed by atoms with Crippen molar-refractivity contribution in [2.24, 2.45) is 0 Å². The Hall–Kier alpha value is -1.45. The van der Waals surface area contributed by atoms with E-state index in [0.717, 1.165) is 0 Å². The number of aliphatic carboxylic acids is 1. The minimum Gasteiger partial charge on any atom is -0.479 e. The number of carboxylic acids is 1. The van der Waals surface area contributed by atoms with Crippen LogP contribution in [0, 0.1) is 0 Å². The molecule has 0 fully saturated rings. The Kier molecular flexibility index (Phi) is 65.3. The molecule has 0 bridgehead atoms. The standard InChI is InChI=1S/C48H96O25/c1-47(48(49)50)73-46-45-72-44-43-71-42-41-70-40-39-69-38-37-68-36-35-67-34-33-66-32-31-65-30-29-64-28-27-63-26-25-62-24-23-61-22-21-60-20-19-59-18-17-58-16-15-57-14-13-56-12-11-55-10-9-54-8-7-53-6-5-52-4-3-51-2/h47H,3-46H2,1-2H3,(H,49,50). The van der Waals surface area contributed by atoms with Crippen molar-refractivity contribution in [3.8, 4) is 0 Å². The average Bonchev–Trinajstić information content (AvgIpc) is 3.39. The lowest BCUT2D eigenvalue weighted by Crippen LogP contribution is -2.22. The van der Waals surface area contributed by atoms with E-state index in [1.54, 1.807) is 7.11 Å². The molecule has 0 heterocycles. The van der Waals surface area contributed by atoms with E-state index in [2.05, 4.69) is 0 Å². The third kappa shape index (κ3) is 66.6. The number of hydrogen-bond donors (Lipinski definition) is 1. The first-order chi connectivity index (χ1) is 36.2. The lowest BCUT2D eigenvalue weighted by molar-refractivity contribution is -0.150. The highest BCUT2D eigenvalue weighted by Gasteiger charge is 2.10. The molecule has 0 aromatic rings. The molecule has 73 heavy (non-hydrogen) atoms. The van der Waals surface area contributed by atoms with E-state index in [1.807, 2.05) is 0 Å². The van der Waals surface area contributed by atoms with Crippen LogP contribution in [0.1, 0.15) is 6.92 Å². The topological polar surface area (TPSA) is 250 Å². The summed E-state index contributed by atoms with van der Waals surface area (Å²) >= 11 is 0. The van der Waals surface area contributed by atoms with E-state index >= 15 is 0 Å². The summed E-state index contributed by atoms with van der Waals surface area (Å²) in [6.07, 6.45) is -0.841. The van der Waals surface area contributed by atoms with Crippen LogP contribution in [0.2, 0.25) is 0 Å². The van der Waals surface area contributed by atoms with Crippen LogP contribution in [0.15, 0.2) is 0 Å². The largest absolute Gasteiger partial charge is 0.479 e. The quantitative estimate of drug-likeness (QED) is 0.0813. The highest BCUT2D eigenvalue weighted by atomic mass is 16.6. The fourth-order valence-corrected chi connectivity index (χ4v) is 5.00. The number of hydrogen-bond acceptors (Lipinski definition) is 24. The molecule has 0 aromatic heterocycles. The molecule has 1 N–H and O–H groups in total. The van der Waals surface area contributed by atoms with Crippen molar-refractivity contribution in [2.45, 2.75) is 13.0 Å². The first-order valence-corrected chi connectivity index (χ1v) is 25.6. The van der Waals surface area contributed by atoms with E-state index in [1.165, 1.54) is 6.92 Å².